The Morgan fingerprint density at radius 1 is 1.07 bits per heavy atom. The van der Waals surface area contributed by atoms with Crippen molar-refractivity contribution in [3.8, 4) is 11.3 Å². The van der Waals surface area contributed by atoms with Gasteiger partial charge in [0, 0.05) is 38.5 Å². The van der Waals surface area contributed by atoms with Gasteiger partial charge in [0.1, 0.15) is 17.3 Å². The van der Waals surface area contributed by atoms with E-state index in [0.29, 0.717) is 29.9 Å². The van der Waals surface area contributed by atoms with E-state index in [9.17, 15) is 9.18 Å². The number of aryl methyl sites for hydroxylation is 1. The van der Waals surface area contributed by atoms with Crippen molar-refractivity contribution in [3.05, 3.63) is 83.9 Å². The first kappa shape index (κ1) is 19.4. The Morgan fingerprint density at radius 2 is 1.86 bits per heavy atom. The minimum absolute atomic E-state index is 0.0282. The van der Waals surface area contributed by atoms with Crippen LogP contribution in [0.1, 0.15) is 24.2 Å². The van der Waals surface area contributed by atoms with Gasteiger partial charge in [-0.1, -0.05) is 42.5 Å². The molecular weight excluding hydrogens is 367 g/mol. The minimum atomic E-state index is -0.313. The molecule has 0 bridgehead atoms. The summed E-state index contributed by atoms with van der Waals surface area (Å²) >= 11 is 0. The highest BCUT2D eigenvalue weighted by Crippen LogP contribution is 2.25. The number of nitrogens with one attached hydrogen (secondary N) is 1. The fourth-order valence-corrected chi connectivity index (χ4v) is 3.79. The highest BCUT2D eigenvalue weighted by Gasteiger charge is 2.23. The second kappa shape index (κ2) is 9.05. The fourth-order valence-electron chi connectivity index (χ4n) is 3.79. The number of benzene rings is 2. The van der Waals surface area contributed by atoms with Gasteiger partial charge in [0.2, 0.25) is 5.91 Å². The van der Waals surface area contributed by atoms with E-state index in [1.54, 1.807) is 24.3 Å². The lowest BCUT2D eigenvalue weighted by atomic mass is 10.1. The highest BCUT2D eigenvalue weighted by molar-refractivity contribution is 5.76. The monoisotopic (exact) mass is 392 g/mol. The molecule has 1 N–H and O–H groups in total. The molecule has 3 aromatic rings. The highest BCUT2D eigenvalue weighted by atomic mass is 19.1. The summed E-state index contributed by atoms with van der Waals surface area (Å²) < 4.78 is 19.6. The van der Waals surface area contributed by atoms with Crippen LogP contribution >= 0.6 is 0 Å². The lowest BCUT2D eigenvalue weighted by Crippen LogP contribution is -2.37. The maximum absolute atomic E-state index is 13.9. The second-order valence-electron chi connectivity index (χ2n) is 7.52. The quantitative estimate of drug-likeness (QED) is 0.648. The Kier molecular flexibility index (Phi) is 6.06. The van der Waals surface area contributed by atoms with Crippen molar-refractivity contribution in [2.45, 2.75) is 31.8 Å². The van der Waals surface area contributed by atoms with E-state index in [0.717, 1.165) is 26.1 Å². The fraction of sp³-hybridized carbons (Fsp3) is 0.292. The third-order valence-electron chi connectivity index (χ3n) is 5.29. The van der Waals surface area contributed by atoms with E-state index in [2.05, 4.69) is 34.5 Å². The number of likely N-dealkylation sites (tertiary alicyclic amines) is 1. The molecule has 0 spiro atoms. The summed E-state index contributed by atoms with van der Waals surface area (Å²) in [6, 6.07) is 20.7. The molecule has 1 saturated heterocycles. The Balaban J connectivity index is 1.23. The first-order valence-electron chi connectivity index (χ1n) is 10.1. The summed E-state index contributed by atoms with van der Waals surface area (Å²) in [6.07, 6.45) is 1.83. The molecule has 1 atom stereocenters. The second-order valence-corrected chi connectivity index (χ2v) is 7.52. The molecule has 1 aliphatic rings. The van der Waals surface area contributed by atoms with Crippen molar-refractivity contribution in [3.63, 3.8) is 0 Å². The molecular formula is C24H25FN2O2. The first-order valence-corrected chi connectivity index (χ1v) is 10.1. The van der Waals surface area contributed by atoms with E-state index < -0.39 is 0 Å². The van der Waals surface area contributed by atoms with Crippen LogP contribution < -0.4 is 5.32 Å². The topological polar surface area (TPSA) is 45.5 Å². The standard InChI is InChI=1S/C24H25FN2O2/c25-22-9-5-4-8-21(22)23-12-10-20(29-23)11-13-24(28)26-19-14-15-27(17-19)16-18-6-2-1-3-7-18/h1-10,12,19H,11,13-17H2,(H,26,28). The van der Waals surface area contributed by atoms with Crippen molar-refractivity contribution in [2.24, 2.45) is 0 Å². The average Bonchev–Trinajstić information content (AvgIpc) is 3.37. The molecule has 150 valence electrons. The molecule has 1 fully saturated rings. The van der Waals surface area contributed by atoms with Crippen LogP contribution in [-0.2, 0) is 17.8 Å². The maximum atomic E-state index is 13.9. The van der Waals surface area contributed by atoms with Crippen molar-refractivity contribution in [1.29, 1.82) is 0 Å². The minimum Gasteiger partial charge on any atom is -0.461 e. The zero-order valence-electron chi connectivity index (χ0n) is 16.3. The van der Waals surface area contributed by atoms with Gasteiger partial charge in [-0.25, -0.2) is 4.39 Å². The van der Waals surface area contributed by atoms with Crippen LogP contribution in [-0.4, -0.2) is 29.9 Å². The van der Waals surface area contributed by atoms with Crippen LogP contribution in [0.2, 0.25) is 0 Å². The molecule has 0 saturated carbocycles. The van der Waals surface area contributed by atoms with Gasteiger partial charge in [-0.05, 0) is 36.2 Å². The predicted molar refractivity (Wildman–Crippen MR) is 111 cm³/mol. The number of hydrogen-bond acceptors (Lipinski definition) is 3. The summed E-state index contributed by atoms with van der Waals surface area (Å²) in [5.74, 6) is 0.897. The molecule has 5 heteroatoms. The smallest absolute Gasteiger partial charge is 0.220 e. The Hall–Kier alpha value is -2.92. The number of furan rings is 1. The predicted octanol–water partition coefficient (Wildman–Crippen LogP) is 4.41. The molecule has 1 unspecified atom stereocenters. The summed E-state index contributed by atoms with van der Waals surface area (Å²) in [5, 5.41) is 3.13. The Morgan fingerprint density at radius 3 is 2.69 bits per heavy atom. The lowest BCUT2D eigenvalue weighted by molar-refractivity contribution is -0.121. The van der Waals surface area contributed by atoms with Gasteiger partial charge in [-0.15, -0.1) is 0 Å². The molecule has 0 radical (unpaired) electrons. The van der Waals surface area contributed by atoms with Crippen molar-refractivity contribution >= 4 is 5.91 Å². The zero-order chi connectivity index (χ0) is 20.1. The number of nitrogens with zero attached hydrogens (tertiary/aromatic N) is 1. The normalized spacial score (nSPS) is 16.8. The van der Waals surface area contributed by atoms with Gasteiger partial charge in [-0.2, -0.15) is 0 Å². The van der Waals surface area contributed by atoms with Crippen LogP contribution in [0.5, 0.6) is 0 Å². The van der Waals surface area contributed by atoms with Gasteiger partial charge < -0.3 is 9.73 Å². The van der Waals surface area contributed by atoms with Crippen LogP contribution in [0.3, 0.4) is 0 Å². The van der Waals surface area contributed by atoms with Gasteiger partial charge >= 0.3 is 0 Å². The molecule has 2 aromatic carbocycles. The largest absolute Gasteiger partial charge is 0.461 e. The van der Waals surface area contributed by atoms with E-state index >= 15 is 0 Å². The van der Waals surface area contributed by atoms with Crippen LogP contribution in [0.4, 0.5) is 4.39 Å². The lowest BCUT2D eigenvalue weighted by Gasteiger charge is -2.16. The van der Waals surface area contributed by atoms with Crippen molar-refractivity contribution in [2.75, 3.05) is 13.1 Å². The average molecular weight is 392 g/mol. The first-order chi connectivity index (χ1) is 14.2. The Labute approximate surface area is 170 Å². The van der Waals surface area contributed by atoms with Gasteiger partial charge in [0.15, 0.2) is 0 Å². The van der Waals surface area contributed by atoms with Crippen LogP contribution in [0.25, 0.3) is 11.3 Å². The zero-order valence-corrected chi connectivity index (χ0v) is 16.3. The number of carbonyl (C=O) groups excluding carboxylic acids is 1. The molecule has 4 nitrogen and oxygen atoms in total. The summed E-state index contributed by atoms with van der Waals surface area (Å²) in [4.78, 5) is 14.7. The van der Waals surface area contributed by atoms with Crippen molar-refractivity contribution in [1.82, 2.24) is 10.2 Å². The van der Waals surface area contributed by atoms with Gasteiger partial charge in [-0.3, -0.25) is 9.69 Å². The van der Waals surface area contributed by atoms with E-state index in [-0.39, 0.29) is 17.8 Å². The number of rotatable bonds is 7. The molecule has 1 aromatic heterocycles. The van der Waals surface area contributed by atoms with Crippen molar-refractivity contribution < 1.29 is 13.6 Å². The summed E-state index contributed by atoms with van der Waals surface area (Å²) in [6.45, 7) is 2.78. The number of carbonyl (C=O) groups is 1. The molecule has 29 heavy (non-hydrogen) atoms. The number of amides is 1. The summed E-state index contributed by atoms with van der Waals surface area (Å²) in [7, 11) is 0. The van der Waals surface area contributed by atoms with Gasteiger partial charge in [0.25, 0.3) is 0 Å². The molecule has 0 aliphatic carbocycles. The van der Waals surface area contributed by atoms with Crippen LogP contribution in [0, 0.1) is 5.82 Å². The molecule has 1 amide bonds. The third kappa shape index (κ3) is 5.12. The van der Waals surface area contributed by atoms with E-state index in [4.69, 9.17) is 4.42 Å². The molecule has 2 heterocycles. The van der Waals surface area contributed by atoms with Crippen LogP contribution in [0.15, 0.2) is 71.1 Å². The molecule has 4 rings (SSSR count). The Bertz CT molecular complexity index is 954. The SMILES string of the molecule is O=C(CCc1ccc(-c2ccccc2F)o1)NC1CCN(Cc2ccccc2)C1. The molecule has 1 aliphatic heterocycles. The van der Waals surface area contributed by atoms with E-state index in [1.807, 2.05) is 12.1 Å². The third-order valence-corrected chi connectivity index (χ3v) is 5.29. The van der Waals surface area contributed by atoms with Gasteiger partial charge in [0.05, 0.1) is 5.56 Å². The maximum Gasteiger partial charge on any atom is 0.220 e. The summed E-state index contributed by atoms with van der Waals surface area (Å²) in [5.41, 5.74) is 1.73. The number of hydrogen-bond donors (Lipinski definition) is 1. The number of halogens is 1. The van der Waals surface area contributed by atoms with E-state index in [1.165, 1.54) is 11.6 Å².